The van der Waals surface area contributed by atoms with Crippen LogP contribution < -0.4 is 20.6 Å². The number of ether oxygens (including phenoxy) is 1. The number of halogens is 1. The van der Waals surface area contributed by atoms with Crippen molar-refractivity contribution in [1.29, 1.82) is 0 Å². The molecule has 152 valence electrons. The fourth-order valence-corrected chi connectivity index (χ4v) is 5.77. The highest BCUT2D eigenvalue weighted by atomic mass is 35.5. The Balaban J connectivity index is 1.76. The third kappa shape index (κ3) is 3.56. The Morgan fingerprint density at radius 2 is 1.89 bits per heavy atom. The predicted octanol–water partition coefficient (Wildman–Crippen LogP) is 2.03. The number of hydrogen-bond acceptors (Lipinski definition) is 3. The monoisotopic (exact) mass is 406 g/mol. The van der Waals surface area contributed by atoms with Gasteiger partial charge in [0.05, 0.1) is 34.5 Å². The van der Waals surface area contributed by atoms with Crippen molar-refractivity contribution in [2.24, 2.45) is 0 Å². The Hall–Kier alpha value is -1.56. The molecule has 2 aliphatic heterocycles. The fraction of sp³-hybridized carbons (Fsp3) is 0.591. The number of piperidine rings is 1. The van der Waals surface area contributed by atoms with Crippen LogP contribution in [0.2, 0.25) is 5.02 Å². The van der Waals surface area contributed by atoms with Crippen LogP contribution in [0.5, 0.6) is 5.75 Å². The second kappa shape index (κ2) is 6.75. The second-order valence-corrected chi connectivity index (χ2v) is 10.2. The Kier molecular flexibility index (Phi) is 4.76. The molecule has 4 rings (SSSR count). The maximum Gasteiger partial charge on any atom is 0.336 e. The number of hydrogen-bond donors (Lipinski definition) is 2. The first-order valence-electron chi connectivity index (χ1n) is 10.2. The molecule has 0 radical (unpaired) electrons. The molecule has 0 bridgehead atoms. The number of benzene rings is 1. The zero-order valence-corrected chi connectivity index (χ0v) is 18.2. The van der Waals surface area contributed by atoms with Gasteiger partial charge in [0, 0.05) is 11.5 Å². The van der Waals surface area contributed by atoms with Crippen molar-refractivity contribution in [3.63, 3.8) is 0 Å². The highest BCUT2D eigenvalue weighted by Crippen LogP contribution is 2.37. The van der Waals surface area contributed by atoms with E-state index in [1.54, 1.807) is 6.07 Å². The van der Waals surface area contributed by atoms with E-state index in [0.29, 0.717) is 29.1 Å². The molecule has 0 spiro atoms. The summed E-state index contributed by atoms with van der Waals surface area (Å²) >= 11 is 6.55. The summed E-state index contributed by atoms with van der Waals surface area (Å²) in [6.07, 6.45) is 3.00. The van der Waals surface area contributed by atoms with E-state index in [9.17, 15) is 4.79 Å². The molecule has 6 heteroatoms. The molecule has 1 unspecified atom stereocenters. The van der Waals surface area contributed by atoms with Crippen molar-refractivity contribution < 1.29 is 19.4 Å². The van der Waals surface area contributed by atoms with Crippen molar-refractivity contribution in [3.05, 3.63) is 38.7 Å². The van der Waals surface area contributed by atoms with Gasteiger partial charge in [0.15, 0.2) is 11.3 Å². The maximum atomic E-state index is 12.1. The molecule has 0 aliphatic carbocycles. The molecule has 1 fully saturated rings. The topological polar surface area (TPSA) is 60.5 Å². The zero-order valence-electron chi connectivity index (χ0n) is 17.4. The molecule has 2 aliphatic rings. The average Bonchev–Trinajstić information content (AvgIpc) is 2.59. The second-order valence-electron chi connectivity index (χ2n) is 9.84. The number of quaternary nitrogens is 2. The quantitative estimate of drug-likeness (QED) is 0.750. The van der Waals surface area contributed by atoms with Crippen LogP contribution in [0.15, 0.2) is 21.3 Å². The van der Waals surface area contributed by atoms with Gasteiger partial charge in [0.2, 0.25) is 6.73 Å². The molecule has 3 heterocycles. The van der Waals surface area contributed by atoms with Gasteiger partial charge in [0.25, 0.3) is 0 Å². The van der Waals surface area contributed by atoms with Crippen LogP contribution >= 0.6 is 11.6 Å². The van der Waals surface area contributed by atoms with Crippen LogP contribution in [-0.2, 0) is 13.0 Å². The summed E-state index contributed by atoms with van der Waals surface area (Å²) in [7, 11) is 0. The van der Waals surface area contributed by atoms with E-state index in [0.717, 1.165) is 42.3 Å². The molecule has 1 aromatic heterocycles. The van der Waals surface area contributed by atoms with Crippen LogP contribution in [-0.4, -0.2) is 23.9 Å². The largest absolute Gasteiger partial charge is 0.443 e. The van der Waals surface area contributed by atoms with Gasteiger partial charge in [-0.05, 0) is 45.7 Å². The van der Waals surface area contributed by atoms with Gasteiger partial charge in [-0.15, -0.1) is 0 Å². The van der Waals surface area contributed by atoms with Crippen molar-refractivity contribution in [1.82, 2.24) is 0 Å². The fourth-order valence-electron chi connectivity index (χ4n) is 5.49. The molecule has 3 N–H and O–H groups in total. The molecular weight excluding hydrogens is 376 g/mol. The normalized spacial score (nSPS) is 24.0. The molecule has 2 aromatic rings. The first kappa shape index (κ1) is 19.7. The lowest BCUT2D eigenvalue weighted by atomic mass is 9.79. The van der Waals surface area contributed by atoms with Gasteiger partial charge < -0.3 is 14.5 Å². The SMILES string of the molecule is CCc1cc(=O)oc2c3c(c(Cl)cc12)OC[NH+](C1CC(C)(C)[NH2+]C(C)(C)C1)C3. The van der Waals surface area contributed by atoms with E-state index >= 15 is 0 Å². The van der Waals surface area contributed by atoms with Gasteiger partial charge in [-0.2, -0.15) is 0 Å². The molecule has 1 saturated heterocycles. The molecule has 5 nitrogen and oxygen atoms in total. The lowest BCUT2D eigenvalue weighted by molar-refractivity contribution is -0.969. The van der Waals surface area contributed by atoms with Crippen LogP contribution in [0.25, 0.3) is 11.0 Å². The predicted molar refractivity (Wildman–Crippen MR) is 110 cm³/mol. The molecule has 0 amide bonds. The van der Waals surface area contributed by atoms with E-state index in [1.807, 2.05) is 13.0 Å². The Morgan fingerprint density at radius 1 is 1.21 bits per heavy atom. The minimum absolute atomic E-state index is 0.192. The van der Waals surface area contributed by atoms with E-state index < -0.39 is 0 Å². The molecular formula is C22H31ClN2O3+2. The van der Waals surface area contributed by atoms with E-state index in [1.165, 1.54) is 4.90 Å². The van der Waals surface area contributed by atoms with Crippen LogP contribution in [0.1, 0.15) is 58.6 Å². The summed E-state index contributed by atoms with van der Waals surface area (Å²) < 4.78 is 11.8. The third-order valence-corrected chi connectivity index (χ3v) is 6.49. The van der Waals surface area contributed by atoms with E-state index in [-0.39, 0.29) is 16.7 Å². The van der Waals surface area contributed by atoms with Gasteiger partial charge in [-0.3, -0.25) is 4.90 Å². The van der Waals surface area contributed by atoms with E-state index in [4.69, 9.17) is 20.8 Å². The Morgan fingerprint density at radius 3 is 2.54 bits per heavy atom. The molecule has 1 atom stereocenters. The van der Waals surface area contributed by atoms with Gasteiger partial charge >= 0.3 is 5.63 Å². The summed E-state index contributed by atoms with van der Waals surface area (Å²) in [5, 5.41) is 4.02. The Bertz CT molecular complexity index is 964. The van der Waals surface area contributed by atoms with Gasteiger partial charge in [-0.1, -0.05) is 18.5 Å². The number of nitrogens with one attached hydrogen (secondary N) is 1. The lowest BCUT2D eigenvalue weighted by Gasteiger charge is -2.45. The average molecular weight is 407 g/mol. The zero-order chi connectivity index (χ0) is 20.3. The molecule has 28 heavy (non-hydrogen) atoms. The first-order valence-corrected chi connectivity index (χ1v) is 10.6. The summed E-state index contributed by atoms with van der Waals surface area (Å²) in [5.41, 5.74) is 2.62. The number of nitrogens with two attached hydrogens (primary N) is 1. The van der Waals surface area contributed by atoms with Crippen molar-refractivity contribution in [3.8, 4) is 5.75 Å². The van der Waals surface area contributed by atoms with Crippen LogP contribution in [0.3, 0.4) is 0 Å². The summed E-state index contributed by atoms with van der Waals surface area (Å²) in [5.74, 6) is 0.676. The summed E-state index contributed by atoms with van der Waals surface area (Å²) in [6, 6.07) is 3.93. The minimum atomic E-state index is -0.310. The van der Waals surface area contributed by atoms with Crippen molar-refractivity contribution in [2.45, 2.75) is 77.5 Å². The number of aryl methyl sites for hydroxylation is 1. The smallest absolute Gasteiger partial charge is 0.336 e. The standard InChI is InChI=1S/C22H29ClN2O3/c1-6-13-7-18(26)28-19-15(13)8-17(23)20-16(19)11-25(12-27-20)14-9-21(2,3)24-22(4,5)10-14/h7-8,14,24H,6,9-12H2,1-5H3/p+2. The van der Waals surface area contributed by atoms with Crippen LogP contribution in [0, 0.1) is 0 Å². The van der Waals surface area contributed by atoms with Crippen LogP contribution in [0.4, 0.5) is 0 Å². The highest BCUT2D eigenvalue weighted by molar-refractivity contribution is 6.33. The third-order valence-electron chi connectivity index (χ3n) is 6.21. The summed E-state index contributed by atoms with van der Waals surface area (Å²) in [6.45, 7) is 12.7. The maximum absolute atomic E-state index is 12.1. The Labute approximate surface area is 171 Å². The summed E-state index contributed by atoms with van der Waals surface area (Å²) in [4.78, 5) is 13.5. The van der Waals surface area contributed by atoms with E-state index in [2.05, 4.69) is 33.0 Å². The van der Waals surface area contributed by atoms with Gasteiger partial charge in [-0.25, -0.2) is 4.79 Å². The minimum Gasteiger partial charge on any atom is -0.443 e. The first-order chi connectivity index (χ1) is 13.1. The number of fused-ring (bicyclic) bond motifs is 3. The van der Waals surface area contributed by atoms with Crippen molar-refractivity contribution >= 4 is 22.6 Å². The lowest BCUT2D eigenvalue weighted by Crippen LogP contribution is -3.20. The molecule has 0 saturated carbocycles. The highest BCUT2D eigenvalue weighted by Gasteiger charge is 2.47. The number of rotatable bonds is 2. The van der Waals surface area contributed by atoms with Crippen molar-refractivity contribution in [2.75, 3.05) is 6.73 Å². The molecule has 1 aromatic carbocycles. The van der Waals surface area contributed by atoms with Gasteiger partial charge in [0.1, 0.15) is 12.6 Å².